The molecule has 0 unspecified atom stereocenters. The minimum atomic E-state index is -1.01. The summed E-state index contributed by atoms with van der Waals surface area (Å²) >= 11 is 6.36. The quantitative estimate of drug-likeness (QED) is 0.407. The predicted molar refractivity (Wildman–Crippen MR) is 132 cm³/mol. The third kappa shape index (κ3) is 4.89. The molecule has 0 saturated heterocycles. The first-order valence-electron chi connectivity index (χ1n) is 10.1. The fraction of sp³-hybridized carbons (Fsp3) is 0.240. The molecule has 2 heterocycles. The molecule has 1 atom stereocenters. The second kappa shape index (κ2) is 9.29. The standard InChI is InChI=1S/C24H22ClFN4O2.CH4/c1-14(24(2,3)32)28-23-27-13-15-12-19(18-6-4-5-7-20(18)25)22(31)30(21(15)29-23)17-10-8-16(26)9-11-17;/h4-14,32H,1-3H3,(H,27,28,29);1H4/t14-;/m1./s1. The lowest BCUT2D eigenvalue weighted by atomic mass is 10.0. The maximum absolute atomic E-state index is 13.6. The van der Waals surface area contributed by atoms with Gasteiger partial charge in [0.2, 0.25) is 5.95 Å². The average Bonchev–Trinajstić information content (AvgIpc) is 2.74. The van der Waals surface area contributed by atoms with E-state index in [1.807, 2.05) is 0 Å². The molecule has 33 heavy (non-hydrogen) atoms. The number of hydrogen-bond donors (Lipinski definition) is 2. The van der Waals surface area contributed by atoms with E-state index >= 15 is 0 Å². The van der Waals surface area contributed by atoms with Crippen molar-refractivity contribution in [3.05, 3.63) is 82.0 Å². The van der Waals surface area contributed by atoms with E-state index < -0.39 is 11.4 Å². The van der Waals surface area contributed by atoms with Crippen LogP contribution in [0.25, 0.3) is 27.8 Å². The molecule has 0 aliphatic rings. The van der Waals surface area contributed by atoms with Crippen LogP contribution in [-0.4, -0.2) is 31.3 Å². The summed E-state index contributed by atoms with van der Waals surface area (Å²) in [5.41, 5.74) is 0.394. The average molecular weight is 469 g/mol. The molecule has 0 saturated carbocycles. The lowest BCUT2D eigenvalue weighted by Gasteiger charge is -2.26. The van der Waals surface area contributed by atoms with Crippen molar-refractivity contribution in [1.82, 2.24) is 14.5 Å². The molecule has 0 amide bonds. The van der Waals surface area contributed by atoms with Crippen molar-refractivity contribution >= 4 is 28.6 Å². The summed E-state index contributed by atoms with van der Waals surface area (Å²) in [7, 11) is 0. The summed E-state index contributed by atoms with van der Waals surface area (Å²) in [4.78, 5) is 22.5. The molecule has 2 aromatic heterocycles. The highest BCUT2D eigenvalue weighted by molar-refractivity contribution is 6.33. The summed E-state index contributed by atoms with van der Waals surface area (Å²) < 4.78 is 15.0. The first-order chi connectivity index (χ1) is 15.1. The van der Waals surface area contributed by atoms with E-state index in [2.05, 4.69) is 15.3 Å². The number of fused-ring (bicyclic) bond motifs is 1. The molecule has 6 nitrogen and oxygen atoms in total. The van der Waals surface area contributed by atoms with E-state index in [4.69, 9.17) is 11.6 Å². The predicted octanol–water partition coefficient (Wildman–Crippen LogP) is 5.45. The normalized spacial score (nSPS) is 12.3. The van der Waals surface area contributed by atoms with Crippen LogP contribution < -0.4 is 10.9 Å². The van der Waals surface area contributed by atoms with E-state index in [9.17, 15) is 14.3 Å². The molecular weight excluding hydrogens is 443 g/mol. The Hall–Kier alpha value is -3.29. The minimum Gasteiger partial charge on any atom is -0.388 e. The van der Waals surface area contributed by atoms with Crippen LogP contribution in [-0.2, 0) is 0 Å². The van der Waals surface area contributed by atoms with Gasteiger partial charge in [0.25, 0.3) is 5.56 Å². The van der Waals surface area contributed by atoms with Gasteiger partial charge in [-0.3, -0.25) is 9.36 Å². The third-order valence-corrected chi connectivity index (χ3v) is 5.72. The highest BCUT2D eigenvalue weighted by Crippen LogP contribution is 2.28. The second-order valence-corrected chi connectivity index (χ2v) is 8.55. The van der Waals surface area contributed by atoms with Crippen LogP contribution in [0.3, 0.4) is 0 Å². The number of nitrogens with zero attached hydrogens (tertiary/aromatic N) is 3. The summed E-state index contributed by atoms with van der Waals surface area (Å²) in [5.74, 6) is -0.155. The molecule has 2 N–H and O–H groups in total. The van der Waals surface area contributed by atoms with Crippen LogP contribution >= 0.6 is 11.6 Å². The molecule has 2 aromatic carbocycles. The van der Waals surface area contributed by atoms with Crippen molar-refractivity contribution in [1.29, 1.82) is 0 Å². The maximum Gasteiger partial charge on any atom is 0.264 e. The van der Waals surface area contributed by atoms with Gasteiger partial charge >= 0.3 is 0 Å². The zero-order chi connectivity index (χ0) is 23.0. The van der Waals surface area contributed by atoms with Crippen LogP contribution in [0.4, 0.5) is 10.3 Å². The van der Waals surface area contributed by atoms with Gasteiger partial charge in [0.15, 0.2) is 5.65 Å². The summed E-state index contributed by atoms with van der Waals surface area (Å²) in [6, 6.07) is 14.0. The number of aromatic nitrogens is 3. The zero-order valence-corrected chi connectivity index (χ0v) is 18.6. The molecule has 4 rings (SSSR count). The number of benzene rings is 2. The largest absolute Gasteiger partial charge is 0.388 e. The number of nitrogens with one attached hydrogen (secondary N) is 1. The van der Waals surface area contributed by atoms with Crippen LogP contribution in [0.15, 0.2) is 65.6 Å². The van der Waals surface area contributed by atoms with Gasteiger partial charge in [0.05, 0.1) is 17.3 Å². The first-order valence-corrected chi connectivity index (χ1v) is 10.5. The first kappa shape index (κ1) is 24.4. The Morgan fingerprint density at radius 2 is 1.79 bits per heavy atom. The summed E-state index contributed by atoms with van der Waals surface area (Å²) in [5, 5.41) is 14.3. The van der Waals surface area contributed by atoms with Crippen molar-refractivity contribution in [3.63, 3.8) is 0 Å². The Morgan fingerprint density at radius 3 is 2.42 bits per heavy atom. The van der Waals surface area contributed by atoms with Crippen LogP contribution in [0.5, 0.6) is 0 Å². The summed E-state index contributed by atoms with van der Waals surface area (Å²) in [6.07, 6.45) is 1.60. The fourth-order valence-electron chi connectivity index (χ4n) is 3.24. The Labute approximate surface area is 196 Å². The number of halogens is 2. The number of anilines is 1. The fourth-order valence-corrected chi connectivity index (χ4v) is 3.48. The number of pyridine rings is 1. The molecule has 0 spiro atoms. The zero-order valence-electron chi connectivity index (χ0n) is 17.8. The molecular formula is C25H26ClFN4O2. The van der Waals surface area contributed by atoms with E-state index in [-0.39, 0.29) is 25.0 Å². The topological polar surface area (TPSA) is 80.0 Å². The molecule has 0 aliphatic carbocycles. The van der Waals surface area contributed by atoms with E-state index in [1.165, 1.54) is 28.8 Å². The number of aliphatic hydroxyl groups is 1. The van der Waals surface area contributed by atoms with Crippen molar-refractivity contribution in [2.75, 3.05) is 5.32 Å². The van der Waals surface area contributed by atoms with Gasteiger partial charge < -0.3 is 10.4 Å². The molecule has 0 radical (unpaired) electrons. The molecule has 0 aliphatic heterocycles. The molecule has 4 aromatic rings. The Kier molecular flexibility index (Phi) is 6.86. The SMILES string of the molecule is C.C[C@@H](Nc1ncc2cc(-c3ccccc3Cl)c(=O)n(-c3ccc(F)cc3)c2n1)C(C)(C)O. The van der Waals surface area contributed by atoms with Crippen molar-refractivity contribution in [3.8, 4) is 16.8 Å². The highest BCUT2D eigenvalue weighted by atomic mass is 35.5. The molecule has 172 valence electrons. The van der Waals surface area contributed by atoms with Gasteiger partial charge in [-0.15, -0.1) is 0 Å². The lowest BCUT2D eigenvalue weighted by Crippen LogP contribution is -2.39. The van der Waals surface area contributed by atoms with Crippen LogP contribution in [0.1, 0.15) is 28.2 Å². The van der Waals surface area contributed by atoms with Crippen LogP contribution in [0.2, 0.25) is 5.02 Å². The molecule has 0 bridgehead atoms. The molecule has 0 fully saturated rings. The van der Waals surface area contributed by atoms with Crippen molar-refractivity contribution in [2.24, 2.45) is 0 Å². The molecule has 8 heteroatoms. The summed E-state index contributed by atoms with van der Waals surface area (Å²) in [6.45, 7) is 5.16. The van der Waals surface area contributed by atoms with Gasteiger partial charge in [-0.05, 0) is 57.2 Å². The monoisotopic (exact) mass is 468 g/mol. The number of hydrogen-bond acceptors (Lipinski definition) is 5. The van der Waals surface area contributed by atoms with Gasteiger partial charge in [-0.1, -0.05) is 37.2 Å². The van der Waals surface area contributed by atoms with Crippen molar-refractivity contribution in [2.45, 2.75) is 39.8 Å². The minimum absolute atomic E-state index is 0. The Bertz CT molecular complexity index is 1350. The van der Waals surface area contributed by atoms with Crippen molar-refractivity contribution < 1.29 is 9.50 Å². The number of rotatable bonds is 5. The van der Waals surface area contributed by atoms with Gasteiger partial charge in [0.1, 0.15) is 5.82 Å². The Balaban J connectivity index is 0.00000306. The smallest absolute Gasteiger partial charge is 0.264 e. The third-order valence-electron chi connectivity index (χ3n) is 5.40. The van der Waals surface area contributed by atoms with E-state index in [0.29, 0.717) is 32.9 Å². The second-order valence-electron chi connectivity index (χ2n) is 8.15. The van der Waals surface area contributed by atoms with E-state index in [1.54, 1.807) is 57.3 Å². The Morgan fingerprint density at radius 1 is 1.12 bits per heavy atom. The lowest BCUT2D eigenvalue weighted by molar-refractivity contribution is 0.0646. The van der Waals surface area contributed by atoms with Crippen LogP contribution in [0, 0.1) is 5.82 Å². The van der Waals surface area contributed by atoms with Gasteiger partial charge in [-0.2, -0.15) is 4.98 Å². The maximum atomic E-state index is 13.6. The van der Waals surface area contributed by atoms with Gasteiger partial charge in [-0.25, -0.2) is 9.37 Å². The van der Waals surface area contributed by atoms with Gasteiger partial charge in [0, 0.05) is 27.7 Å². The van der Waals surface area contributed by atoms with E-state index in [0.717, 1.165) is 0 Å². The highest BCUT2D eigenvalue weighted by Gasteiger charge is 2.23.